The van der Waals surface area contributed by atoms with Gasteiger partial charge in [0.25, 0.3) is 60.7 Å². The van der Waals surface area contributed by atoms with E-state index < -0.39 is 157 Å². The molecule has 334 valence electrons. The minimum absolute atomic E-state index is 0.291. The molecule has 34 heteroatoms. The van der Waals surface area contributed by atoms with E-state index in [1.807, 2.05) is 0 Å². The van der Waals surface area contributed by atoms with Crippen molar-refractivity contribution < 1.29 is 82.9 Å². The van der Waals surface area contributed by atoms with Gasteiger partial charge in [0.05, 0.1) is 26.6 Å². The number of nitrogens with two attached hydrogens (primary N) is 1. The fraction of sp³-hybridized carbons (Fsp3) is 0. The number of azo groups is 1. The Morgan fingerprint density at radius 3 is 1.62 bits per heavy atom. The summed E-state index contributed by atoms with van der Waals surface area (Å²) < 4.78 is 204. The van der Waals surface area contributed by atoms with Crippen LogP contribution in [-0.4, -0.2) is 97.9 Å². The van der Waals surface area contributed by atoms with Crippen molar-refractivity contribution in [2.45, 2.75) is 29.4 Å². The van der Waals surface area contributed by atoms with Crippen molar-refractivity contribution in [3.05, 3.63) is 65.9 Å². The highest BCUT2D eigenvalue weighted by Crippen LogP contribution is 2.44. The van der Waals surface area contributed by atoms with Crippen molar-refractivity contribution in [3.63, 3.8) is 0 Å². The highest BCUT2D eigenvalue weighted by molar-refractivity contribution is 7.87. The van der Waals surface area contributed by atoms with E-state index in [1.165, 1.54) is 0 Å². The van der Waals surface area contributed by atoms with Crippen LogP contribution < -0.4 is 16.4 Å². The Labute approximate surface area is 357 Å². The summed E-state index contributed by atoms with van der Waals surface area (Å²) in [5.41, 5.74) is 2.53. The van der Waals surface area contributed by atoms with Gasteiger partial charge in [0.1, 0.15) is 36.7 Å². The van der Waals surface area contributed by atoms with E-state index in [2.05, 4.69) is 35.8 Å². The molecule has 0 saturated heterocycles. The first-order valence-corrected chi connectivity index (χ1v) is 24.8. The Kier molecular flexibility index (Phi) is 11.7. The van der Waals surface area contributed by atoms with Gasteiger partial charge in [-0.3, -0.25) is 27.3 Å². The highest BCUT2D eigenvalue weighted by atomic mass is 35.5. The lowest BCUT2D eigenvalue weighted by molar-refractivity contribution is 0.470. The second-order valence-electron chi connectivity index (χ2n) is 12.4. The topological polar surface area (TPSA) is 460 Å². The monoisotopic (exact) mass is 1010 g/mol. The van der Waals surface area contributed by atoms with Crippen LogP contribution in [0.25, 0.3) is 21.5 Å². The molecule has 0 aliphatic carbocycles. The molecule has 0 atom stereocenters. The number of fused-ring (bicyclic) bond motifs is 2. The molecule has 0 amide bonds. The molecular formula is C29H21ClN8O19S6. The third-order valence-electron chi connectivity index (χ3n) is 8.19. The third kappa shape index (κ3) is 10.0. The maximum atomic E-state index is 12.5. The maximum absolute atomic E-state index is 12.5. The summed E-state index contributed by atoms with van der Waals surface area (Å²) in [4.78, 5) is 5.12. The van der Waals surface area contributed by atoms with Crippen molar-refractivity contribution in [1.82, 2.24) is 15.0 Å². The average molecular weight is 1010 g/mol. The summed E-state index contributed by atoms with van der Waals surface area (Å²) in [7, 11) is -31.2. The number of halogens is 1. The standard InChI is InChI=1S/C29H21ClN8O19S6/c30-27-34-28(36-29(35-27)33-18-10-16-11(5-21(18)61(49,50)51)3-15(59(43,44)45)9-20(16)60(46,47)48)32-13-1-2-17(22(7-13)62(52,53)54)37-38-26-24-12(6-23(25(26)31)63(55,56)57)4-14(8-19(24)39)58(40,41)42/h1-10,39H,31H2,(H,40,41,42)(H,43,44,45)(H,46,47,48)(H,49,50,51)(H,52,53,54)(H,55,56,57)(H2,32,33,34,35,36). The van der Waals surface area contributed by atoms with Crippen LogP contribution in [0.3, 0.4) is 0 Å². The summed E-state index contributed by atoms with van der Waals surface area (Å²) in [6.07, 6.45) is 0. The van der Waals surface area contributed by atoms with Gasteiger partial charge in [0, 0.05) is 17.1 Å². The van der Waals surface area contributed by atoms with Crippen LogP contribution in [0.5, 0.6) is 5.75 Å². The molecule has 0 aliphatic rings. The average Bonchev–Trinajstić information content (AvgIpc) is 3.11. The minimum atomic E-state index is -5.29. The van der Waals surface area contributed by atoms with E-state index in [0.717, 1.165) is 12.1 Å². The van der Waals surface area contributed by atoms with Gasteiger partial charge in [-0.25, -0.2) is 0 Å². The zero-order valence-corrected chi connectivity index (χ0v) is 35.6. The summed E-state index contributed by atoms with van der Waals surface area (Å²) in [6.45, 7) is 0. The zero-order chi connectivity index (χ0) is 47.0. The summed E-state index contributed by atoms with van der Waals surface area (Å²) in [5.74, 6) is -2.21. The van der Waals surface area contributed by atoms with Gasteiger partial charge in [-0.05, 0) is 77.0 Å². The fourth-order valence-electron chi connectivity index (χ4n) is 5.63. The number of phenols is 1. The number of aromatic hydroxyl groups is 1. The molecule has 6 aromatic rings. The normalized spacial score (nSPS) is 13.2. The number of rotatable bonds is 12. The number of benzene rings is 5. The van der Waals surface area contributed by atoms with Gasteiger partial charge in [0.15, 0.2) is 0 Å². The van der Waals surface area contributed by atoms with Crippen molar-refractivity contribution in [2.75, 3.05) is 16.4 Å². The smallest absolute Gasteiger partial charge is 0.296 e. The molecule has 27 nitrogen and oxygen atoms in total. The Balaban J connectivity index is 1.42. The predicted octanol–water partition coefficient (Wildman–Crippen LogP) is 3.50. The number of hydrogen-bond acceptors (Lipinski definition) is 21. The summed E-state index contributed by atoms with van der Waals surface area (Å²) in [6, 6.07) is 6.73. The van der Waals surface area contributed by atoms with Crippen LogP contribution in [0, 0.1) is 0 Å². The van der Waals surface area contributed by atoms with Gasteiger partial charge in [-0.1, -0.05) is 0 Å². The van der Waals surface area contributed by atoms with Crippen molar-refractivity contribution >= 4 is 134 Å². The van der Waals surface area contributed by atoms with E-state index in [9.17, 15) is 82.9 Å². The molecular weight excluding hydrogens is 992 g/mol. The van der Waals surface area contributed by atoms with Gasteiger partial charge < -0.3 is 21.5 Å². The maximum Gasteiger partial charge on any atom is 0.296 e. The summed E-state index contributed by atoms with van der Waals surface area (Å²) in [5, 5.41) is 20.1. The molecule has 0 spiro atoms. The lowest BCUT2D eigenvalue weighted by atomic mass is 10.1. The molecule has 63 heavy (non-hydrogen) atoms. The van der Waals surface area contributed by atoms with Gasteiger partial charge in [-0.15, -0.1) is 10.2 Å². The first kappa shape index (κ1) is 46.7. The number of nitrogens with one attached hydrogen (secondary N) is 2. The number of anilines is 5. The minimum Gasteiger partial charge on any atom is -0.507 e. The molecule has 0 fully saturated rings. The van der Waals surface area contributed by atoms with E-state index in [-0.39, 0.29) is 5.69 Å². The number of hydrogen-bond donors (Lipinski definition) is 10. The Bertz CT molecular complexity index is 3730. The van der Waals surface area contributed by atoms with Crippen LogP contribution in [0.15, 0.2) is 100 Å². The van der Waals surface area contributed by atoms with Gasteiger partial charge >= 0.3 is 0 Å². The molecule has 1 heterocycles. The molecule has 1 aromatic heterocycles. The lowest BCUT2D eigenvalue weighted by Gasteiger charge is -2.14. The highest BCUT2D eigenvalue weighted by Gasteiger charge is 2.27. The Morgan fingerprint density at radius 1 is 0.540 bits per heavy atom. The molecule has 0 radical (unpaired) electrons. The molecule has 5 aromatic carbocycles. The number of aromatic nitrogens is 3. The first-order valence-electron chi connectivity index (χ1n) is 15.8. The Morgan fingerprint density at radius 2 is 1.06 bits per heavy atom. The number of nitrogens with zero attached hydrogens (tertiary/aromatic N) is 5. The van der Waals surface area contributed by atoms with E-state index in [4.69, 9.17) is 17.3 Å². The molecule has 6 rings (SSSR count). The largest absolute Gasteiger partial charge is 0.507 e. The van der Waals surface area contributed by atoms with Crippen molar-refractivity contribution in [2.24, 2.45) is 10.2 Å². The molecule has 11 N–H and O–H groups in total. The zero-order valence-electron chi connectivity index (χ0n) is 29.9. The van der Waals surface area contributed by atoms with E-state index in [0.29, 0.717) is 48.5 Å². The molecule has 0 bridgehead atoms. The van der Waals surface area contributed by atoms with E-state index >= 15 is 0 Å². The van der Waals surface area contributed by atoms with Crippen molar-refractivity contribution in [3.8, 4) is 5.75 Å². The van der Waals surface area contributed by atoms with Crippen LogP contribution in [0.4, 0.5) is 40.3 Å². The van der Waals surface area contributed by atoms with Gasteiger partial charge in [0.2, 0.25) is 17.2 Å². The second-order valence-corrected chi connectivity index (χ2v) is 21.1. The Hall–Kier alpha value is -5.82. The van der Waals surface area contributed by atoms with Gasteiger partial charge in [-0.2, -0.15) is 65.5 Å². The predicted molar refractivity (Wildman–Crippen MR) is 215 cm³/mol. The van der Waals surface area contributed by atoms with Crippen LogP contribution in [-0.2, 0) is 60.7 Å². The van der Waals surface area contributed by atoms with Crippen LogP contribution >= 0.6 is 11.6 Å². The number of nitrogen functional groups attached to an aromatic ring is 1. The first-order chi connectivity index (χ1) is 28.7. The number of phenolic OH excluding ortho intramolecular Hbond substituents is 1. The van der Waals surface area contributed by atoms with Crippen molar-refractivity contribution in [1.29, 1.82) is 0 Å². The fourth-order valence-corrected chi connectivity index (χ4v) is 9.64. The SMILES string of the molecule is Nc1c(S(=O)(=O)O)cc2cc(S(=O)(=O)O)cc(O)c2c1N=Nc1ccc(Nc2nc(Cl)nc(Nc3cc4c(S(=O)(=O)O)cc(S(=O)(=O)O)cc4cc3S(=O)(=O)O)n2)cc1S(=O)(=O)O. The molecule has 0 aliphatic heterocycles. The third-order valence-corrected chi connectivity index (χ3v) is 13.6. The van der Waals surface area contributed by atoms with Crippen LogP contribution in [0.1, 0.15) is 0 Å². The second kappa shape index (κ2) is 15.8. The summed E-state index contributed by atoms with van der Waals surface area (Å²) >= 11 is 6.03. The molecule has 0 unspecified atom stereocenters. The van der Waals surface area contributed by atoms with E-state index in [1.54, 1.807) is 0 Å². The van der Waals surface area contributed by atoms with Crippen LogP contribution in [0.2, 0.25) is 5.28 Å². The lowest BCUT2D eigenvalue weighted by Crippen LogP contribution is -2.09. The molecule has 0 saturated carbocycles. The quantitative estimate of drug-likeness (QED) is 0.0476.